The number of amidine groups is 1. The predicted octanol–water partition coefficient (Wildman–Crippen LogP) is 4.76. The van der Waals surface area contributed by atoms with E-state index in [1.54, 1.807) is 16.7 Å². The fourth-order valence-corrected chi connectivity index (χ4v) is 4.01. The lowest BCUT2D eigenvalue weighted by Gasteiger charge is -2.11. The summed E-state index contributed by atoms with van der Waals surface area (Å²) in [4.78, 5) is 26.7. The molecule has 2 aliphatic carbocycles. The Hall–Kier alpha value is -3.55. The molecule has 8 heteroatoms. The lowest BCUT2D eigenvalue weighted by atomic mass is 10.1. The summed E-state index contributed by atoms with van der Waals surface area (Å²) in [5.74, 6) is 1.22. The van der Waals surface area contributed by atoms with E-state index in [-0.39, 0.29) is 24.3 Å². The number of hydrogen-bond donors (Lipinski definition) is 1. The number of aryl methyl sites for hydroxylation is 1. The molecule has 3 aromatic rings. The summed E-state index contributed by atoms with van der Waals surface area (Å²) in [6.07, 6.45) is 4.41. The molecule has 2 saturated carbocycles. The van der Waals surface area contributed by atoms with Crippen molar-refractivity contribution in [1.29, 1.82) is 0 Å². The Morgan fingerprint density at radius 1 is 1.33 bits per heavy atom. The van der Waals surface area contributed by atoms with Crippen molar-refractivity contribution in [2.75, 3.05) is 11.9 Å². The molecule has 33 heavy (non-hydrogen) atoms. The Morgan fingerprint density at radius 3 is 2.82 bits per heavy atom. The predicted molar refractivity (Wildman–Crippen MR) is 126 cm³/mol. The maximum absolute atomic E-state index is 13.1. The van der Waals surface area contributed by atoms with Gasteiger partial charge < -0.3 is 10.2 Å². The average molecular weight is 448 g/mol. The van der Waals surface area contributed by atoms with E-state index < -0.39 is 6.17 Å². The van der Waals surface area contributed by atoms with Crippen molar-refractivity contribution in [3.8, 4) is 0 Å². The van der Waals surface area contributed by atoms with Crippen molar-refractivity contribution in [3.63, 3.8) is 0 Å². The van der Waals surface area contributed by atoms with Crippen LogP contribution in [0.2, 0.25) is 0 Å². The van der Waals surface area contributed by atoms with Gasteiger partial charge in [0.1, 0.15) is 24.1 Å². The summed E-state index contributed by atoms with van der Waals surface area (Å²) in [7, 11) is 0. The molecule has 5 rings (SSSR count). The molecule has 3 unspecified atom stereocenters. The minimum atomic E-state index is -0.801. The summed E-state index contributed by atoms with van der Waals surface area (Å²) in [5, 5.41) is 6.96. The van der Waals surface area contributed by atoms with Crippen LogP contribution in [-0.2, 0) is 4.84 Å². The lowest BCUT2D eigenvalue weighted by molar-refractivity contribution is 0.102. The third-order valence-corrected chi connectivity index (χ3v) is 6.48. The van der Waals surface area contributed by atoms with Crippen LogP contribution in [0.4, 0.5) is 10.1 Å². The second-order valence-electron chi connectivity index (χ2n) is 9.02. The number of carbonyl (C=O) groups excluding carboxylic acids is 1. The molecule has 4 atom stereocenters. The number of benzene rings is 1. The van der Waals surface area contributed by atoms with E-state index in [0.29, 0.717) is 35.2 Å². The van der Waals surface area contributed by atoms with E-state index >= 15 is 0 Å². The van der Waals surface area contributed by atoms with E-state index in [1.165, 1.54) is 12.0 Å². The largest absolute Gasteiger partial charge is 0.394 e. The lowest BCUT2D eigenvalue weighted by Crippen LogP contribution is -2.15. The van der Waals surface area contributed by atoms with Gasteiger partial charge in [-0.25, -0.2) is 14.4 Å². The van der Waals surface area contributed by atoms with Crippen molar-refractivity contribution in [2.24, 2.45) is 22.0 Å². The van der Waals surface area contributed by atoms with Gasteiger partial charge in [-0.2, -0.15) is 0 Å². The minimum absolute atomic E-state index is 0.0954. The molecule has 0 saturated heterocycles. The van der Waals surface area contributed by atoms with Crippen LogP contribution in [-0.4, -0.2) is 40.6 Å². The summed E-state index contributed by atoms with van der Waals surface area (Å²) < 4.78 is 14.8. The molecule has 2 aliphatic rings. The van der Waals surface area contributed by atoms with E-state index in [9.17, 15) is 9.18 Å². The molecule has 0 aliphatic heterocycles. The zero-order valence-electron chi connectivity index (χ0n) is 18.7. The van der Waals surface area contributed by atoms with Gasteiger partial charge in [0.05, 0.1) is 6.20 Å². The monoisotopic (exact) mass is 447 g/mol. The number of aromatic nitrogens is 2. The van der Waals surface area contributed by atoms with E-state index in [2.05, 4.69) is 46.2 Å². The Balaban J connectivity index is 1.33. The Labute approximate surface area is 191 Å². The van der Waals surface area contributed by atoms with Crippen molar-refractivity contribution < 1.29 is 14.0 Å². The molecule has 1 aromatic carbocycles. The molecule has 7 nitrogen and oxygen atoms in total. The molecule has 170 valence electrons. The van der Waals surface area contributed by atoms with Crippen LogP contribution in [0.25, 0.3) is 5.65 Å². The number of fused-ring (bicyclic) bond motifs is 1. The van der Waals surface area contributed by atoms with Gasteiger partial charge in [-0.15, -0.1) is 0 Å². The number of rotatable bonds is 7. The van der Waals surface area contributed by atoms with Crippen LogP contribution >= 0.6 is 0 Å². The Bertz CT molecular complexity index is 1270. The molecule has 2 aromatic heterocycles. The number of pyridine rings is 1. The smallest absolute Gasteiger partial charge is 0.274 e. The first-order valence-corrected chi connectivity index (χ1v) is 11.1. The maximum Gasteiger partial charge on any atom is 0.274 e. The fraction of sp³-hybridized carbons (Fsp3) is 0.360. The average Bonchev–Trinajstić information content (AvgIpc) is 3.67. The third kappa shape index (κ3) is 4.37. The van der Waals surface area contributed by atoms with Crippen molar-refractivity contribution in [2.45, 2.75) is 38.8 Å². The van der Waals surface area contributed by atoms with Crippen LogP contribution in [0.5, 0.6) is 0 Å². The van der Waals surface area contributed by atoms with Gasteiger partial charge in [-0.1, -0.05) is 24.2 Å². The van der Waals surface area contributed by atoms with Gasteiger partial charge in [-0.05, 0) is 67.6 Å². The van der Waals surface area contributed by atoms with Crippen molar-refractivity contribution in [1.82, 2.24) is 9.38 Å². The second kappa shape index (κ2) is 8.42. The van der Waals surface area contributed by atoms with E-state index in [4.69, 9.17) is 4.84 Å². The molecule has 0 radical (unpaired) electrons. The summed E-state index contributed by atoms with van der Waals surface area (Å²) in [6, 6.07) is 9.58. The molecule has 0 spiro atoms. The summed E-state index contributed by atoms with van der Waals surface area (Å²) in [6.45, 7) is 7.91. The highest BCUT2D eigenvalue weighted by Crippen LogP contribution is 2.46. The number of nitrogens with one attached hydrogen (secondary N) is 1. The second-order valence-corrected chi connectivity index (χ2v) is 9.02. The van der Waals surface area contributed by atoms with E-state index in [1.807, 2.05) is 25.3 Å². The zero-order chi connectivity index (χ0) is 23.1. The van der Waals surface area contributed by atoms with E-state index in [0.717, 1.165) is 11.2 Å². The number of nitrogens with zero attached hydrogens (tertiary/aromatic N) is 4. The van der Waals surface area contributed by atoms with Gasteiger partial charge in [0.25, 0.3) is 5.91 Å². The number of oxime groups is 1. The summed E-state index contributed by atoms with van der Waals surface area (Å²) in [5.41, 5.74) is 4.63. The Morgan fingerprint density at radius 2 is 2.12 bits per heavy atom. The number of alkyl halides is 1. The van der Waals surface area contributed by atoms with Crippen molar-refractivity contribution >= 4 is 29.8 Å². The Kier molecular flexibility index (Phi) is 5.44. The fourth-order valence-electron chi connectivity index (χ4n) is 4.01. The minimum Gasteiger partial charge on any atom is -0.394 e. The van der Waals surface area contributed by atoms with Gasteiger partial charge >= 0.3 is 0 Å². The molecule has 2 fully saturated rings. The van der Waals surface area contributed by atoms with Crippen LogP contribution in [0.3, 0.4) is 0 Å². The molecule has 1 N–H and O–H groups in total. The SMILES string of the molecule is C=N/C(=N\OCC1CC1F)c1ccc(C)c(NC(=O)c2cnc3cc([C@@H]4CC4C)ccn23)c1. The van der Waals surface area contributed by atoms with Crippen LogP contribution < -0.4 is 5.32 Å². The first-order valence-electron chi connectivity index (χ1n) is 11.1. The third-order valence-electron chi connectivity index (χ3n) is 6.48. The number of aliphatic imine (C=N–C) groups is 1. The van der Waals surface area contributed by atoms with Crippen LogP contribution in [0.1, 0.15) is 52.9 Å². The first-order chi connectivity index (χ1) is 15.9. The maximum atomic E-state index is 13.1. The number of amides is 1. The summed E-state index contributed by atoms with van der Waals surface area (Å²) >= 11 is 0. The quantitative estimate of drug-likeness (QED) is 0.322. The van der Waals surface area contributed by atoms with Gasteiger partial charge in [0, 0.05) is 23.4 Å². The standard InChI is InChI=1S/C25H26FN5O2/c1-14-4-5-17(24(27-3)30-33-13-18-9-20(18)26)10-21(14)29-25(32)22-12-28-23-11-16(6-7-31(22)23)19-8-15(19)2/h4-7,10-12,15,18-20H,3,8-9,13H2,1-2H3,(H,29,32)/b30-24-/t15?,18?,19-,20?/m1/s1. The molecular weight excluding hydrogens is 421 g/mol. The first kappa shape index (κ1) is 21.3. The van der Waals surface area contributed by atoms with Gasteiger partial charge in [-0.3, -0.25) is 9.20 Å². The van der Waals surface area contributed by atoms with Crippen LogP contribution in [0, 0.1) is 18.8 Å². The van der Waals surface area contributed by atoms with Crippen LogP contribution in [0.15, 0.2) is 52.9 Å². The highest BCUT2D eigenvalue weighted by Gasteiger charge is 2.38. The molecule has 1 amide bonds. The van der Waals surface area contributed by atoms with Crippen molar-refractivity contribution in [3.05, 3.63) is 65.1 Å². The molecule has 0 bridgehead atoms. The highest BCUT2D eigenvalue weighted by atomic mass is 19.1. The van der Waals surface area contributed by atoms with Gasteiger partial charge in [0.2, 0.25) is 0 Å². The zero-order valence-corrected chi connectivity index (χ0v) is 18.7. The molecule has 2 heterocycles. The normalized spacial score (nSPS) is 23.9. The molecular formula is C25H26FN5O2. The number of hydrogen-bond acceptors (Lipinski definition) is 4. The topological polar surface area (TPSA) is 80.3 Å². The highest BCUT2D eigenvalue weighted by molar-refractivity contribution is 6.06. The number of halogens is 1. The number of imidazole rings is 1. The number of carbonyl (C=O) groups is 1. The number of anilines is 1. The van der Waals surface area contributed by atoms with Gasteiger partial charge in [0.15, 0.2) is 5.84 Å².